The van der Waals surface area contributed by atoms with E-state index in [9.17, 15) is 14.4 Å². The van der Waals surface area contributed by atoms with Crippen molar-refractivity contribution in [3.8, 4) is 0 Å². The fourth-order valence-electron chi connectivity index (χ4n) is 5.67. The number of anilines is 2. The van der Waals surface area contributed by atoms with Crippen molar-refractivity contribution in [1.82, 2.24) is 16.0 Å². The maximum atomic E-state index is 14.0. The SMILES string of the molecule is COC(=O)N[C@H](C(=O)Nc1ccccc1CC[C@@H]1CN[C@H](CNC(=O)Nc2ccccc2)CO1)C(c1ccccc1)c1ccccc1. The summed E-state index contributed by atoms with van der Waals surface area (Å²) in [5.41, 5.74) is 4.13. The van der Waals surface area contributed by atoms with Crippen LogP contribution in [0.25, 0.3) is 0 Å². The molecule has 4 aromatic carbocycles. The average molecular weight is 636 g/mol. The number of rotatable bonds is 12. The molecule has 4 aromatic rings. The molecule has 10 nitrogen and oxygen atoms in total. The van der Waals surface area contributed by atoms with Gasteiger partial charge < -0.3 is 36.1 Å². The molecule has 10 heteroatoms. The van der Waals surface area contributed by atoms with E-state index in [0.29, 0.717) is 31.8 Å². The summed E-state index contributed by atoms with van der Waals surface area (Å²) in [4.78, 5) is 38.7. The molecule has 244 valence electrons. The lowest BCUT2D eigenvalue weighted by molar-refractivity contribution is -0.118. The molecule has 0 saturated carbocycles. The highest BCUT2D eigenvalue weighted by Crippen LogP contribution is 2.30. The molecule has 0 spiro atoms. The largest absolute Gasteiger partial charge is 0.453 e. The Labute approximate surface area is 275 Å². The number of methoxy groups -OCH3 is 1. The molecule has 1 saturated heterocycles. The number of hydrogen-bond donors (Lipinski definition) is 5. The lowest BCUT2D eigenvalue weighted by atomic mass is 9.84. The first-order chi connectivity index (χ1) is 23.0. The summed E-state index contributed by atoms with van der Waals surface area (Å²) >= 11 is 0. The van der Waals surface area contributed by atoms with Crippen LogP contribution >= 0.6 is 0 Å². The Morgan fingerprint density at radius 1 is 0.830 bits per heavy atom. The van der Waals surface area contributed by atoms with Crippen molar-refractivity contribution in [3.05, 3.63) is 132 Å². The van der Waals surface area contributed by atoms with Gasteiger partial charge >= 0.3 is 12.1 Å². The van der Waals surface area contributed by atoms with Crippen LogP contribution in [0, 0.1) is 0 Å². The second kappa shape index (κ2) is 16.9. The predicted molar refractivity (Wildman–Crippen MR) is 182 cm³/mol. The molecule has 0 aromatic heterocycles. The van der Waals surface area contributed by atoms with Gasteiger partial charge in [0.1, 0.15) is 6.04 Å². The Balaban J connectivity index is 1.19. The van der Waals surface area contributed by atoms with Gasteiger partial charge in [-0.2, -0.15) is 0 Å². The number of alkyl carbamates (subject to hydrolysis) is 1. The second-order valence-electron chi connectivity index (χ2n) is 11.4. The number of urea groups is 1. The van der Waals surface area contributed by atoms with Crippen molar-refractivity contribution in [1.29, 1.82) is 0 Å². The number of ether oxygens (including phenoxy) is 2. The van der Waals surface area contributed by atoms with E-state index in [4.69, 9.17) is 9.47 Å². The molecule has 1 aliphatic heterocycles. The number of morpholine rings is 1. The number of carbonyl (C=O) groups is 3. The van der Waals surface area contributed by atoms with Gasteiger partial charge in [-0.25, -0.2) is 9.59 Å². The van der Waals surface area contributed by atoms with Crippen LogP contribution in [0.5, 0.6) is 0 Å². The molecule has 5 rings (SSSR count). The summed E-state index contributed by atoms with van der Waals surface area (Å²) in [6.45, 7) is 1.55. The van der Waals surface area contributed by atoms with Crippen molar-refractivity contribution in [2.45, 2.75) is 36.9 Å². The normalized spacial score (nSPS) is 16.5. The van der Waals surface area contributed by atoms with Gasteiger partial charge in [-0.05, 0) is 47.7 Å². The van der Waals surface area contributed by atoms with Crippen LogP contribution in [0.4, 0.5) is 21.0 Å². The average Bonchev–Trinajstić information content (AvgIpc) is 3.11. The minimum absolute atomic E-state index is 0.000710. The summed E-state index contributed by atoms with van der Waals surface area (Å²) < 4.78 is 11.0. The van der Waals surface area contributed by atoms with E-state index < -0.39 is 18.1 Å². The number of nitrogens with one attached hydrogen (secondary N) is 5. The third kappa shape index (κ3) is 9.65. The van der Waals surface area contributed by atoms with Gasteiger partial charge in [-0.3, -0.25) is 4.79 Å². The highest BCUT2D eigenvalue weighted by Gasteiger charge is 2.33. The topological polar surface area (TPSA) is 130 Å². The Morgan fingerprint density at radius 3 is 2.06 bits per heavy atom. The molecule has 0 radical (unpaired) electrons. The molecule has 47 heavy (non-hydrogen) atoms. The van der Waals surface area contributed by atoms with Gasteiger partial charge in [0.05, 0.1) is 19.8 Å². The van der Waals surface area contributed by atoms with Crippen molar-refractivity contribution < 1.29 is 23.9 Å². The Morgan fingerprint density at radius 2 is 1.45 bits per heavy atom. The van der Waals surface area contributed by atoms with E-state index in [2.05, 4.69) is 26.6 Å². The molecule has 1 aliphatic rings. The lowest BCUT2D eigenvalue weighted by Crippen LogP contribution is -2.52. The molecule has 1 fully saturated rings. The fraction of sp³-hybridized carbons (Fsp3) is 0.270. The molecule has 0 bridgehead atoms. The van der Waals surface area contributed by atoms with E-state index in [-0.39, 0.29) is 24.1 Å². The minimum Gasteiger partial charge on any atom is -0.453 e. The Hall–Kier alpha value is -5.19. The summed E-state index contributed by atoms with van der Waals surface area (Å²) in [6, 6.07) is 35.0. The molecule has 3 atom stereocenters. The van der Waals surface area contributed by atoms with E-state index in [1.165, 1.54) is 7.11 Å². The molecule has 4 amide bonds. The van der Waals surface area contributed by atoms with Crippen LogP contribution in [-0.4, -0.2) is 63.0 Å². The lowest BCUT2D eigenvalue weighted by Gasteiger charge is -2.31. The first-order valence-corrected chi connectivity index (χ1v) is 15.8. The van der Waals surface area contributed by atoms with Crippen LogP contribution in [0.3, 0.4) is 0 Å². The summed E-state index contributed by atoms with van der Waals surface area (Å²) in [6.07, 6.45) is 0.681. The summed E-state index contributed by atoms with van der Waals surface area (Å²) in [5.74, 6) is -0.819. The van der Waals surface area contributed by atoms with Crippen LogP contribution < -0.4 is 26.6 Å². The van der Waals surface area contributed by atoms with Crippen molar-refractivity contribution >= 4 is 29.4 Å². The van der Waals surface area contributed by atoms with Crippen molar-refractivity contribution in [2.75, 3.05) is 37.4 Å². The van der Waals surface area contributed by atoms with Crippen LogP contribution in [0.2, 0.25) is 0 Å². The first-order valence-electron chi connectivity index (χ1n) is 15.8. The van der Waals surface area contributed by atoms with E-state index in [1.54, 1.807) is 0 Å². The maximum Gasteiger partial charge on any atom is 0.407 e. The highest BCUT2D eigenvalue weighted by molar-refractivity contribution is 5.98. The van der Waals surface area contributed by atoms with Gasteiger partial charge in [-0.15, -0.1) is 0 Å². The van der Waals surface area contributed by atoms with Crippen LogP contribution in [0.1, 0.15) is 29.0 Å². The third-order valence-electron chi connectivity index (χ3n) is 8.11. The number of hydrogen-bond acceptors (Lipinski definition) is 6. The molecule has 0 unspecified atom stereocenters. The number of aryl methyl sites for hydroxylation is 1. The molecular formula is C37H41N5O5. The monoisotopic (exact) mass is 635 g/mol. The van der Waals surface area contributed by atoms with Crippen molar-refractivity contribution in [2.24, 2.45) is 0 Å². The van der Waals surface area contributed by atoms with Gasteiger partial charge in [-0.1, -0.05) is 97.1 Å². The minimum atomic E-state index is -0.952. The van der Waals surface area contributed by atoms with Crippen LogP contribution in [-0.2, 0) is 20.7 Å². The molecular weight excluding hydrogens is 594 g/mol. The zero-order chi connectivity index (χ0) is 32.8. The number of amides is 4. The molecule has 5 N–H and O–H groups in total. The Bertz CT molecular complexity index is 1540. The molecule has 0 aliphatic carbocycles. The number of benzene rings is 4. The Kier molecular flexibility index (Phi) is 12.0. The van der Waals surface area contributed by atoms with E-state index in [1.807, 2.05) is 115 Å². The first kappa shape index (κ1) is 33.2. The zero-order valence-electron chi connectivity index (χ0n) is 26.4. The van der Waals surface area contributed by atoms with E-state index in [0.717, 1.165) is 28.8 Å². The molecule has 1 heterocycles. The fourth-order valence-corrected chi connectivity index (χ4v) is 5.67. The van der Waals surface area contributed by atoms with Gasteiger partial charge in [0, 0.05) is 36.4 Å². The van der Waals surface area contributed by atoms with Crippen molar-refractivity contribution in [3.63, 3.8) is 0 Å². The van der Waals surface area contributed by atoms with Gasteiger partial charge in [0.2, 0.25) is 5.91 Å². The summed E-state index contributed by atoms with van der Waals surface area (Å²) in [5, 5.41) is 15.0. The summed E-state index contributed by atoms with van der Waals surface area (Å²) in [7, 11) is 1.28. The predicted octanol–water partition coefficient (Wildman–Crippen LogP) is 5.29. The maximum absolute atomic E-state index is 14.0. The second-order valence-corrected chi connectivity index (χ2v) is 11.4. The smallest absolute Gasteiger partial charge is 0.407 e. The third-order valence-corrected chi connectivity index (χ3v) is 8.11. The van der Waals surface area contributed by atoms with Gasteiger partial charge in [0.25, 0.3) is 0 Å². The highest BCUT2D eigenvalue weighted by atomic mass is 16.5. The number of carbonyl (C=O) groups excluding carboxylic acids is 3. The number of para-hydroxylation sites is 2. The zero-order valence-corrected chi connectivity index (χ0v) is 26.4. The standard InChI is InChI=1S/C37H41N5O5/c1-46-37(45)42-34(33(27-14-5-2-6-15-27)28-16-7-3-8-17-28)35(43)41-32-20-12-11-13-26(32)21-22-31-24-38-30(25-47-31)23-39-36(44)40-29-18-9-4-10-19-29/h2-20,30-31,33-34,38H,21-25H2,1H3,(H,41,43)(H,42,45)(H2,39,40,44)/t30-,31-,34+/m1/s1. The van der Waals surface area contributed by atoms with Gasteiger partial charge in [0.15, 0.2) is 0 Å². The quantitative estimate of drug-likeness (QED) is 0.144. The van der Waals surface area contributed by atoms with E-state index >= 15 is 0 Å². The van der Waals surface area contributed by atoms with Crippen LogP contribution in [0.15, 0.2) is 115 Å².